The number of rotatable bonds is 3. The maximum Gasteiger partial charge on any atom is 0.133 e. The van der Waals surface area contributed by atoms with Crippen LogP contribution in [0.25, 0.3) is 0 Å². The van der Waals surface area contributed by atoms with E-state index in [4.69, 9.17) is 5.11 Å². The number of hydrogen-bond donors (Lipinski definition) is 1. The van der Waals surface area contributed by atoms with Crippen LogP contribution in [0, 0.1) is 5.82 Å². The van der Waals surface area contributed by atoms with E-state index < -0.39 is 5.41 Å². The van der Waals surface area contributed by atoms with Crippen molar-refractivity contribution in [2.24, 2.45) is 0 Å². The number of aldehydes is 1. The van der Waals surface area contributed by atoms with Gasteiger partial charge in [-0.2, -0.15) is 4.94 Å². The van der Waals surface area contributed by atoms with Gasteiger partial charge in [-0.15, -0.1) is 0 Å². The van der Waals surface area contributed by atoms with Crippen LogP contribution in [0.1, 0.15) is 17.5 Å². The zero-order valence-corrected chi connectivity index (χ0v) is 9.45. The summed E-state index contributed by atoms with van der Waals surface area (Å²) in [7, 11) is 1.00. The number of benzene rings is 1. The Bertz CT molecular complexity index is 395. The quantitative estimate of drug-likeness (QED) is 0.823. The Balaban J connectivity index is 0.000000686. The molecule has 0 heterocycles. The largest absolute Gasteiger partial charge is 0.400 e. The highest BCUT2D eigenvalue weighted by molar-refractivity contribution is 5.72. The predicted octanol–water partition coefficient (Wildman–Crippen LogP) is 1.72. The zero-order chi connectivity index (χ0) is 12.9. The molecule has 1 unspecified atom stereocenters. The number of aliphatic hydroxyl groups excluding tert-OH is 1. The van der Waals surface area contributed by atoms with Crippen LogP contribution in [-0.4, -0.2) is 25.1 Å². The van der Waals surface area contributed by atoms with Gasteiger partial charge in [-0.05, 0) is 34.6 Å². The molecule has 1 aliphatic carbocycles. The van der Waals surface area contributed by atoms with Crippen LogP contribution < -0.4 is 0 Å². The van der Waals surface area contributed by atoms with Gasteiger partial charge in [0.25, 0.3) is 0 Å². The van der Waals surface area contributed by atoms with Crippen LogP contribution in [0.3, 0.4) is 0 Å². The van der Waals surface area contributed by atoms with Crippen LogP contribution in [0.2, 0.25) is 0 Å². The molecule has 2 rings (SSSR count). The zero-order valence-electron chi connectivity index (χ0n) is 9.45. The molecule has 0 saturated carbocycles. The third kappa shape index (κ3) is 2.35. The van der Waals surface area contributed by atoms with Crippen LogP contribution in [0.4, 0.5) is 8.92 Å². The van der Waals surface area contributed by atoms with E-state index in [9.17, 15) is 13.7 Å². The third-order valence-corrected chi connectivity index (χ3v) is 3.01. The molecule has 17 heavy (non-hydrogen) atoms. The van der Waals surface area contributed by atoms with Crippen molar-refractivity contribution in [3.63, 3.8) is 0 Å². The molecule has 0 saturated heterocycles. The maximum atomic E-state index is 13.4. The van der Waals surface area contributed by atoms with Crippen molar-refractivity contribution in [2.45, 2.75) is 18.3 Å². The highest BCUT2D eigenvalue weighted by Crippen LogP contribution is 2.38. The summed E-state index contributed by atoms with van der Waals surface area (Å²) in [6.07, 6.45) is 1.50. The van der Waals surface area contributed by atoms with E-state index in [-0.39, 0.29) is 12.4 Å². The van der Waals surface area contributed by atoms with Crippen molar-refractivity contribution < 1.29 is 23.8 Å². The van der Waals surface area contributed by atoms with E-state index in [1.165, 1.54) is 12.1 Å². The molecule has 1 N–H and O–H groups in total. The molecule has 0 aromatic heterocycles. The first-order chi connectivity index (χ1) is 8.23. The topological polar surface area (TPSA) is 46.5 Å². The highest BCUT2D eigenvalue weighted by Gasteiger charge is 2.40. The average molecular weight is 244 g/mol. The van der Waals surface area contributed by atoms with Crippen molar-refractivity contribution in [1.82, 2.24) is 0 Å². The molecule has 1 atom stereocenters. The van der Waals surface area contributed by atoms with Crippen molar-refractivity contribution in [2.75, 3.05) is 13.7 Å². The lowest BCUT2D eigenvalue weighted by Gasteiger charge is -2.20. The van der Waals surface area contributed by atoms with Gasteiger partial charge in [-0.25, -0.2) is 4.39 Å². The number of carbonyl (C=O) groups excluding carboxylic acids is 1. The fourth-order valence-electron chi connectivity index (χ4n) is 2.17. The fraction of sp³-hybridized carbons (Fsp3) is 0.417. The van der Waals surface area contributed by atoms with Crippen LogP contribution in [0.5, 0.6) is 0 Å². The summed E-state index contributed by atoms with van der Waals surface area (Å²) in [4.78, 5) is 14.6. The average Bonchev–Trinajstić information content (AvgIpc) is 2.74. The second-order valence-electron chi connectivity index (χ2n) is 3.79. The van der Waals surface area contributed by atoms with Gasteiger partial charge in [0.05, 0.1) is 5.41 Å². The number of fused-ring (bicyclic) bond motifs is 1. The van der Waals surface area contributed by atoms with Crippen LogP contribution in [-0.2, 0) is 21.6 Å². The molecule has 1 aliphatic rings. The van der Waals surface area contributed by atoms with Gasteiger partial charge in [0.2, 0.25) is 0 Å². The first-order valence-electron chi connectivity index (χ1n) is 5.16. The monoisotopic (exact) mass is 244 g/mol. The lowest BCUT2D eigenvalue weighted by Crippen LogP contribution is -2.30. The SMILES string of the molecule is CO.O=CC1(COF)CCc2c(F)cccc21. The van der Waals surface area contributed by atoms with E-state index in [0.717, 1.165) is 7.11 Å². The molecule has 0 spiro atoms. The van der Waals surface area contributed by atoms with Gasteiger partial charge in [0.1, 0.15) is 18.7 Å². The van der Waals surface area contributed by atoms with E-state index >= 15 is 0 Å². The van der Waals surface area contributed by atoms with Crippen molar-refractivity contribution >= 4 is 6.29 Å². The summed E-state index contributed by atoms with van der Waals surface area (Å²) in [5.41, 5.74) is 0.0448. The van der Waals surface area contributed by atoms with Gasteiger partial charge < -0.3 is 9.90 Å². The molecule has 1 aromatic carbocycles. The summed E-state index contributed by atoms with van der Waals surface area (Å²) in [5, 5.41) is 7.00. The Kier molecular flexibility index (Phi) is 4.72. The second-order valence-corrected chi connectivity index (χ2v) is 3.79. The summed E-state index contributed by atoms with van der Waals surface area (Å²) >= 11 is 0. The van der Waals surface area contributed by atoms with E-state index in [1.807, 2.05) is 0 Å². The Hall–Kier alpha value is -1.33. The summed E-state index contributed by atoms with van der Waals surface area (Å²) in [6.45, 7) is -0.340. The second kappa shape index (κ2) is 5.84. The van der Waals surface area contributed by atoms with Crippen molar-refractivity contribution in [1.29, 1.82) is 0 Å². The van der Waals surface area contributed by atoms with Gasteiger partial charge in [-0.3, -0.25) is 0 Å². The third-order valence-electron chi connectivity index (χ3n) is 3.01. The Morgan fingerprint density at radius 3 is 2.82 bits per heavy atom. The van der Waals surface area contributed by atoms with Gasteiger partial charge in [-0.1, -0.05) is 12.1 Å². The Labute approximate surface area is 97.9 Å². The summed E-state index contributed by atoms with van der Waals surface area (Å²) in [5.74, 6) is -0.338. The molecule has 0 bridgehead atoms. The lowest BCUT2D eigenvalue weighted by molar-refractivity contribution is -0.154. The van der Waals surface area contributed by atoms with Gasteiger partial charge in [0.15, 0.2) is 0 Å². The smallest absolute Gasteiger partial charge is 0.133 e. The molecule has 0 fully saturated rings. The fourth-order valence-corrected chi connectivity index (χ4v) is 2.17. The van der Waals surface area contributed by atoms with Gasteiger partial charge >= 0.3 is 0 Å². The Morgan fingerprint density at radius 2 is 2.24 bits per heavy atom. The lowest BCUT2D eigenvalue weighted by atomic mass is 9.84. The minimum absolute atomic E-state index is 0.338. The van der Waals surface area contributed by atoms with E-state index in [0.29, 0.717) is 30.3 Å². The summed E-state index contributed by atoms with van der Waals surface area (Å²) < 4.78 is 25.3. The molecule has 3 nitrogen and oxygen atoms in total. The number of halogens is 2. The predicted molar refractivity (Wildman–Crippen MR) is 57.7 cm³/mol. The van der Waals surface area contributed by atoms with E-state index in [2.05, 4.69) is 4.94 Å². The van der Waals surface area contributed by atoms with Crippen LogP contribution >= 0.6 is 0 Å². The Morgan fingerprint density at radius 1 is 1.53 bits per heavy atom. The minimum atomic E-state index is -1.01. The minimum Gasteiger partial charge on any atom is -0.400 e. The first-order valence-corrected chi connectivity index (χ1v) is 5.16. The van der Waals surface area contributed by atoms with Gasteiger partial charge in [0, 0.05) is 7.11 Å². The standard InChI is InChI=1S/C11H10F2O2.CH4O/c12-10-3-1-2-9-8(10)4-5-11(9,6-14)7-15-13;1-2/h1-3,6H,4-5,7H2;2H,1H3. The van der Waals surface area contributed by atoms with Crippen LogP contribution in [0.15, 0.2) is 18.2 Å². The van der Waals surface area contributed by atoms with Crippen molar-refractivity contribution in [3.05, 3.63) is 35.1 Å². The molecule has 1 aromatic rings. The first kappa shape index (κ1) is 13.7. The molecular formula is C12H14F2O3. The number of aliphatic hydroxyl groups is 1. The molecule has 0 radical (unpaired) electrons. The normalized spacial score (nSPS) is 21.4. The molecule has 5 heteroatoms. The highest BCUT2D eigenvalue weighted by atomic mass is 19.3. The number of carbonyl (C=O) groups is 1. The molecule has 94 valence electrons. The number of hydrogen-bond acceptors (Lipinski definition) is 3. The molecule has 0 amide bonds. The molecular weight excluding hydrogens is 230 g/mol. The van der Waals surface area contributed by atoms with E-state index in [1.54, 1.807) is 6.07 Å². The molecule has 0 aliphatic heterocycles. The van der Waals surface area contributed by atoms with Crippen molar-refractivity contribution in [3.8, 4) is 0 Å². The summed E-state index contributed by atoms with van der Waals surface area (Å²) in [6, 6.07) is 4.52. The maximum absolute atomic E-state index is 13.4.